The van der Waals surface area contributed by atoms with Crippen LogP contribution in [0.4, 0.5) is 10.1 Å². The van der Waals surface area contributed by atoms with Crippen LogP contribution in [0, 0.1) is 5.82 Å². The quantitative estimate of drug-likeness (QED) is 0.487. The maximum atomic E-state index is 13.4. The molecule has 2 aromatic carbocycles. The first-order valence-corrected chi connectivity index (χ1v) is 9.53. The van der Waals surface area contributed by atoms with E-state index in [2.05, 4.69) is 0 Å². The summed E-state index contributed by atoms with van der Waals surface area (Å²) in [5.74, 6) is 0.494. The zero-order valence-corrected chi connectivity index (χ0v) is 17.5. The molecule has 146 valence electrons. The molecule has 1 heterocycles. The molecule has 0 N–H and O–H groups in total. The zero-order valence-electron chi connectivity index (χ0n) is 15.1. The van der Waals surface area contributed by atoms with Crippen LogP contribution in [0.2, 0.25) is 5.02 Å². The summed E-state index contributed by atoms with van der Waals surface area (Å²) in [6.45, 7) is 0. The Balaban J connectivity index is 1.99. The highest BCUT2D eigenvalue weighted by atomic mass is 35.5. The fourth-order valence-electron chi connectivity index (χ4n) is 2.65. The smallest absolute Gasteiger partial charge is 0.270 e. The third-order valence-electron chi connectivity index (χ3n) is 3.94. The molecule has 1 aliphatic rings. The van der Waals surface area contributed by atoms with Crippen LogP contribution >= 0.6 is 35.6 Å². The van der Waals surface area contributed by atoms with Gasteiger partial charge in [-0.05, 0) is 42.0 Å². The van der Waals surface area contributed by atoms with Crippen molar-refractivity contribution in [3.8, 4) is 17.2 Å². The number of carbonyl (C=O) groups is 1. The van der Waals surface area contributed by atoms with E-state index in [1.54, 1.807) is 18.2 Å². The maximum absolute atomic E-state index is 13.4. The molecule has 1 amide bonds. The largest absolute Gasteiger partial charge is 0.493 e. The Morgan fingerprint density at radius 3 is 2.29 bits per heavy atom. The highest BCUT2D eigenvalue weighted by molar-refractivity contribution is 8.27. The van der Waals surface area contributed by atoms with Crippen LogP contribution in [0.1, 0.15) is 5.56 Å². The van der Waals surface area contributed by atoms with E-state index in [1.165, 1.54) is 44.4 Å². The van der Waals surface area contributed by atoms with Crippen LogP contribution in [-0.4, -0.2) is 31.6 Å². The minimum atomic E-state index is -0.566. The fraction of sp³-hybridized carbons (Fsp3) is 0.158. The van der Waals surface area contributed by atoms with Crippen molar-refractivity contribution < 1.29 is 23.4 Å². The molecule has 1 saturated heterocycles. The summed E-state index contributed by atoms with van der Waals surface area (Å²) in [7, 11) is 4.54. The molecule has 0 spiro atoms. The normalized spacial score (nSPS) is 15.3. The fourth-order valence-corrected chi connectivity index (χ4v) is 4.12. The van der Waals surface area contributed by atoms with Gasteiger partial charge in [0, 0.05) is 0 Å². The number of hydrogen-bond donors (Lipinski definition) is 0. The molecule has 0 atom stereocenters. The number of ether oxygens (including phenoxy) is 3. The summed E-state index contributed by atoms with van der Waals surface area (Å²) in [5.41, 5.74) is 1.08. The molecule has 0 saturated carbocycles. The molecule has 5 nitrogen and oxygen atoms in total. The number of thiocarbonyl (C=S) groups is 1. The van der Waals surface area contributed by atoms with Crippen molar-refractivity contribution in [2.24, 2.45) is 0 Å². The third-order valence-corrected chi connectivity index (χ3v) is 5.53. The summed E-state index contributed by atoms with van der Waals surface area (Å²) in [5, 5.41) is -0.0832. The number of hydrogen-bond acceptors (Lipinski definition) is 6. The number of nitrogens with zero attached hydrogens (tertiary/aromatic N) is 1. The van der Waals surface area contributed by atoms with Crippen molar-refractivity contribution in [3.63, 3.8) is 0 Å². The summed E-state index contributed by atoms with van der Waals surface area (Å²) in [6.07, 6.45) is 1.68. The van der Waals surface area contributed by atoms with Crippen molar-refractivity contribution >= 4 is 57.6 Å². The van der Waals surface area contributed by atoms with Gasteiger partial charge in [0.1, 0.15) is 5.82 Å². The number of thioether (sulfide) groups is 1. The van der Waals surface area contributed by atoms with Crippen molar-refractivity contribution in [3.05, 3.63) is 51.6 Å². The van der Waals surface area contributed by atoms with Gasteiger partial charge in [0.2, 0.25) is 5.75 Å². The number of methoxy groups -OCH3 is 3. The minimum Gasteiger partial charge on any atom is -0.493 e. The molecule has 0 bridgehead atoms. The Bertz CT molecular complexity index is 971. The molecule has 0 unspecified atom stereocenters. The number of carbonyl (C=O) groups excluding carboxylic acids is 1. The predicted octanol–water partition coefficient (Wildman–Crippen LogP) is 4.91. The lowest BCUT2D eigenvalue weighted by Crippen LogP contribution is -2.27. The van der Waals surface area contributed by atoms with Crippen molar-refractivity contribution in [1.82, 2.24) is 0 Å². The molecule has 0 aromatic heterocycles. The average molecular weight is 440 g/mol. The first kappa shape index (κ1) is 20.4. The minimum absolute atomic E-state index is 0.0832. The Morgan fingerprint density at radius 2 is 1.75 bits per heavy atom. The summed E-state index contributed by atoms with van der Waals surface area (Å²) >= 11 is 12.3. The molecule has 0 radical (unpaired) electrons. The molecule has 28 heavy (non-hydrogen) atoms. The summed E-state index contributed by atoms with van der Waals surface area (Å²) in [6, 6.07) is 7.46. The van der Waals surface area contributed by atoms with Gasteiger partial charge in [-0.15, -0.1) is 0 Å². The lowest BCUT2D eigenvalue weighted by Gasteiger charge is -2.15. The van der Waals surface area contributed by atoms with Gasteiger partial charge in [0.05, 0.1) is 36.9 Å². The predicted molar refractivity (Wildman–Crippen MR) is 113 cm³/mol. The van der Waals surface area contributed by atoms with E-state index in [4.69, 9.17) is 38.0 Å². The van der Waals surface area contributed by atoms with Gasteiger partial charge in [-0.1, -0.05) is 35.6 Å². The van der Waals surface area contributed by atoms with Gasteiger partial charge in [-0.2, -0.15) is 0 Å². The highest BCUT2D eigenvalue weighted by Gasteiger charge is 2.33. The first-order chi connectivity index (χ1) is 13.4. The van der Waals surface area contributed by atoms with E-state index < -0.39 is 5.82 Å². The third kappa shape index (κ3) is 3.80. The van der Waals surface area contributed by atoms with E-state index >= 15 is 0 Å². The van der Waals surface area contributed by atoms with Gasteiger partial charge in [0.25, 0.3) is 5.91 Å². The molecule has 2 aromatic rings. The number of benzene rings is 2. The van der Waals surface area contributed by atoms with Crippen LogP contribution in [0.5, 0.6) is 17.2 Å². The van der Waals surface area contributed by atoms with Crippen molar-refractivity contribution in [2.45, 2.75) is 0 Å². The van der Waals surface area contributed by atoms with Crippen molar-refractivity contribution in [2.75, 3.05) is 26.2 Å². The molecule has 9 heteroatoms. The Labute approximate surface area is 176 Å². The number of halogens is 2. The number of amides is 1. The van der Waals surface area contributed by atoms with Gasteiger partial charge in [-0.25, -0.2) is 4.39 Å². The molecular weight excluding hydrogens is 425 g/mol. The maximum Gasteiger partial charge on any atom is 0.270 e. The average Bonchev–Trinajstić information content (AvgIpc) is 2.96. The summed E-state index contributed by atoms with van der Waals surface area (Å²) in [4.78, 5) is 14.6. The van der Waals surface area contributed by atoms with Crippen LogP contribution in [0.15, 0.2) is 35.2 Å². The number of rotatable bonds is 5. The number of anilines is 1. The first-order valence-electron chi connectivity index (χ1n) is 7.92. The van der Waals surface area contributed by atoms with E-state index in [0.29, 0.717) is 37.7 Å². The van der Waals surface area contributed by atoms with Gasteiger partial charge in [-0.3, -0.25) is 9.69 Å². The SMILES string of the molecule is COc1cc(/C=C2\SC(=S)N(c3ccc(F)c(Cl)c3)C2=O)cc(OC)c1OC. The lowest BCUT2D eigenvalue weighted by atomic mass is 10.1. The standard InChI is InChI=1S/C19H15ClFNO4S2/c1-24-14-6-10(7-15(25-2)17(14)26-3)8-16-18(23)22(19(27)28-16)11-4-5-13(21)12(20)9-11/h4-9H,1-3H3/b16-8-. The lowest BCUT2D eigenvalue weighted by molar-refractivity contribution is -0.113. The van der Waals surface area contributed by atoms with Gasteiger partial charge < -0.3 is 14.2 Å². The Kier molecular flexibility index (Phi) is 6.12. The van der Waals surface area contributed by atoms with Crippen LogP contribution < -0.4 is 19.1 Å². The van der Waals surface area contributed by atoms with E-state index in [0.717, 1.165) is 11.8 Å². The topological polar surface area (TPSA) is 48.0 Å². The molecule has 3 rings (SSSR count). The van der Waals surface area contributed by atoms with E-state index in [9.17, 15) is 9.18 Å². The second-order valence-electron chi connectivity index (χ2n) is 5.57. The second kappa shape index (κ2) is 8.38. The summed E-state index contributed by atoms with van der Waals surface area (Å²) < 4.78 is 29.7. The molecule has 1 fully saturated rings. The van der Waals surface area contributed by atoms with E-state index in [-0.39, 0.29) is 10.9 Å². The zero-order chi connectivity index (χ0) is 20.4. The highest BCUT2D eigenvalue weighted by Crippen LogP contribution is 2.41. The monoisotopic (exact) mass is 439 g/mol. The second-order valence-corrected chi connectivity index (χ2v) is 7.66. The van der Waals surface area contributed by atoms with Crippen LogP contribution in [0.3, 0.4) is 0 Å². The van der Waals surface area contributed by atoms with Crippen LogP contribution in [-0.2, 0) is 4.79 Å². The Hall–Kier alpha value is -2.29. The van der Waals surface area contributed by atoms with Crippen molar-refractivity contribution in [1.29, 1.82) is 0 Å². The molecule has 1 aliphatic heterocycles. The van der Waals surface area contributed by atoms with Crippen LogP contribution in [0.25, 0.3) is 6.08 Å². The van der Waals surface area contributed by atoms with Gasteiger partial charge in [0.15, 0.2) is 15.8 Å². The molecule has 0 aliphatic carbocycles. The molecular formula is C19H15ClFNO4S2. The Morgan fingerprint density at radius 1 is 1.11 bits per heavy atom. The van der Waals surface area contributed by atoms with Gasteiger partial charge >= 0.3 is 0 Å². The van der Waals surface area contributed by atoms with E-state index in [1.807, 2.05) is 0 Å².